The highest BCUT2D eigenvalue weighted by Crippen LogP contribution is 2.20. The minimum absolute atomic E-state index is 0.0341. The van der Waals surface area contributed by atoms with E-state index in [4.69, 9.17) is 4.74 Å². The number of carbonyl (C=O) groups excluding carboxylic acids is 1. The van der Waals surface area contributed by atoms with Crippen LogP contribution in [0, 0.1) is 11.7 Å². The van der Waals surface area contributed by atoms with E-state index in [-0.39, 0.29) is 23.9 Å². The molecule has 1 aromatic rings. The molecule has 0 aromatic heterocycles. The highest BCUT2D eigenvalue weighted by molar-refractivity contribution is 9.10. The van der Waals surface area contributed by atoms with Crippen LogP contribution in [0.4, 0.5) is 4.39 Å². The zero-order valence-corrected chi connectivity index (χ0v) is 11.0. The Hall–Kier alpha value is -0.740. The van der Waals surface area contributed by atoms with Crippen molar-refractivity contribution in [2.24, 2.45) is 5.92 Å². The Labute approximate surface area is 108 Å². The van der Waals surface area contributed by atoms with Gasteiger partial charge >= 0.3 is 0 Å². The number of ketones is 1. The molecule has 0 saturated carbocycles. The van der Waals surface area contributed by atoms with Crippen molar-refractivity contribution < 1.29 is 13.9 Å². The second kappa shape index (κ2) is 5.74. The Kier molecular flexibility index (Phi) is 4.29. The number of halogens is 2. The summed E-state index contributed by atoms with van der Waals surface area (Å²) in [7, 11) is 0. The van der Waals surface area contributed by atoms with Crippen molar-refractivity contribution >= 4 is 21.7 Å². The van der Waals surface area contributed by atoms with Gasteiger partial charge in [0.05, 0.1) is 0 Å². The van der Waals surface area contributed by atoms with Gasteiger partial charge in [0.1, 0.15) is 11.6 Å². The summed E-state index contributed by atoms with van der Waals surface area (Å²) >= 11 is 3.20. The molecule has 0 amide bonds. The molecular weight excluding hydrogens is 287 g/mol. The van der Waals surface area contributed by atoms with E-state index in [9.17, 15) is 9.18 Å². The lowest BCUT2D eigenvalue weighted by atomic mass is 9.91. The molecule has 1 aliphatic heterocycles. The molecule has 0 spiro atoms. The lowest BCUT2D eigenvalue weighted by molar-refractivity contribution is -0.125. The van der Waals surface area contributed by atoms with Crippen molar-refractivity contribution in [2.45, 2.75) is 19.3 Å². The number of ether oxygens (including phenoxy) is 1. The van der Waals surface area contributed by atoms with Crippen LogP contribution in [0.5, 0.6) is 0 Å². The quantitative estimate of drug-likeness (QED) is 0.857. The third kappa shape index (κ3) is 3.36. The van der Waals surface area contributed by atoms with E-state index < -0.39 is 0 Å². The molecule has 0 unspecified atom stereocenters. The Morgan fingerprint density at radius 2 is 2.12 bits per heavy atom. The van der Waals surface area contributed by atoms with Crippen LogP contribution in [-0.4, -0.2) is 19.0 Å². The molecule has 1 aliphatic rings. The predicted octanol–water partition coefficient (Wildman–Crippen LogP) is 3.13. The Morgan fingerprint density at radius 1 is 1.41 bits per heavy atom. The van der Waals surface area contributed by atoms with Crippen molar-refractivity contribution in [2.75, 3.05) is 13.2 Å². The van der Waals surface area contributed by atoms with E-state index in [2.05, 4.69) is 15.9 Å². The normalized spacial score (nSPS) is 17.1. The number of hydrogen-bond donors (Lipinski definition) is 0. The predicted molar refractivity (Wildman–Crippen MR) is 66.4 cm³/mol. The fraction of sp³-hybridized carbons (Fsp3) is 0.462. The second-order valence-electron chi connectivity index (χ2n) is 4.27. The number of hydrogen-bond acceptors (Lipinski definition) is 2. The SMILES string of the molecule is O=C(Cc1ccc(Br)cc1F)C1CCOCC1. The van der Waals surface area contributed by atoms with Crippen molar-refractivity contribution in [3.05, 3.63) is 34.1 Å². The lowest BCUT2D eigenvalue weighted by Gasteiger charge is -2.20. The maximum absolute atomic E-state index is 13.6. The summed E-state index contributed by atoms with van der Waals surface area (Å²) in [6, 6.07) is 4.82. The molecule has 1 aromatic carbocycles. The lowest BCUT2D eigenvalue weighted by Crippen LogP contribution is -2.25. The van der Waals surface area contributed by atoms with E-state index in [1.807, 2.05) is 0 Å². The topological polar surface area (TPSA) is 26.3 Å². The molecule has 92 valence electrons. The summed E-state index contributed by atoms with van der Waals surface area (Å²) in [6.45, 7) is 1.28. The Bertz CT molecular complexity index is 414. The molecule has 0 atom stereocenters. The largest absolute Gasteiger partial charge is 0.381 e. The molecule has 1 heterocycles. The Morgan fingerprint density at radius 3 is 2.76 bits per heavy atom. The van der Waals surface area contributed by atoms with Crippen molar-refractivity contribution in [3.63, 3.8) is 0 Å². The molecular formula is C13H14BrFO2. The summed E-state index contributed by atoms with van der Waals surface area (Å²) < 4.78 is 19.5. The molecule has 1 fully saturated rings. The molecule has 0 bridgehead atoms. The third-order valence-corrected chi connectivity index (χ3v) is 3.55. The average molecular weight is 301 g/mol. The first-order valence-corrected chi connectivity index (χ1v) is 6.50. The van der Waals surface area contributed by atoms with Gasteiger partial charge in [-0.3, -0.25) is 4.79 Å². The van der Waals surface area contributed by atoms with Crippen LogP contribution in [0.15, 0.2) is 22.7 Å². The fourth-order valence-corrected chi connectivity index (χ4v) is 2.35. The van der Waals surface area contributed by atoms with Crippen LogP contribution < -0.4 is 0 Å². The van der Waals surface area contributed by atoms with Crippen LogP contribution in [0.1, 0.15) is 18.4 Å². The van der Waals surface area contributed by atoms with Crippen LogP contribution in [0.2, 0.25) is 0 Å². The number of rotatable bonds is 3. The summed E-state index contributed by atoms with van der Waals surface area (Å²) in [5, 5.41) is 0. The highest BCUT2D eigenvalue weighted by Gasteiger charge is 2.22. The maximum atomic E-state index is 13.6. The second-order valence-corrected chi connectivity index (χ2v) is 5.18. The van der Waals surface area contributed by atoms with Gasteiger partial charge in [-0.15, -0.1) is 0 Å². The molecule has 1 saturated heterocycles. The molecule has 0 radical (unpaired) electrons. The van der Waals surface area contributed by atoms with Crippen LogP contribution in [0.3, 0.4) is 0 Å². The molecule has 0 N–H and O–H groups in total. The van der Waals surface area contributed by atoms with E-state index in [0.717, 1.165) is 12.8 Å². The van der Waals surface area contributed by atoms with Crippen LogP contribution in [-0.2, 0) is 16.0 Å². The molecule has 2 rings (SSSR count). The average Bonchev–Trinajstić information content (AvgIpc) is 2.34. The minimum Gasteiger partial charge on any atom is -0.381 e. The van der Waals surface area contributed by atoms with Crippen molar-refractivity contribution in [1.82, 2.24) is 0 Å². The number of benzene rings is 1. The van der Waals surface area contributed by atoms with Gasteiger partial charge in [-0.1, -0.05) is 22.0 Å². The number of carbonyl (C=O) groups is 1. The van der Waals surface area contributed by atoms with Crippen LogP contribution in [0.25, 0.3) is 0 Å². The first-order valence-electron chi connectivity index (χ1n) is 5.71. The molecule has 4 heteroatoms. The van der Waals surface area contributed by atoms with Gasteiger partial charge in [0.25, 0.3) is 0 Å². The van der Waals surface area contributed by atoms with Crippen LogP contribution >= 0.6 is 15.9 Å². The van der Waals surface area contributed by atoms with Gasteiger partial charge in [0.15, 0.2) is 0 Å². The molecule has 17 heavy (non-hydrogen) atoms. The summed E-state index contributed by atoms with van der Waals surface area (Å²) in [5.74, 6) is -0.166. The first-order chi connectivity index (χ1) is 8.16. The van der Waals surface area contributed by atoms with E-state index in [1.165, 1.54) is 6.07 Å². The van der Waals surface area contributed by atoms with E-state index >= 15 is 0 Å². The zero-order valence-electron chi connectivity index (χ0n) is 9.42. The van der Waals surface area contributed by atoms with Gasteiger partial charge in [0.2, 0.25) is 0 Å². The smallest absolute Gasteiger partial charge is 0.140 e. The standard InChI is InChI=1S/C13H14BrFO2/c14-11-2-1-10(12(15)8-11)7-13(16)9-3-5-17-6-4-9/h1-2,8-9H,3-7H2. The summed E-state index contributed by atoms with van der Waals surface area (Å²) in [6.07, 6.45) is 1.71. The molecule has 0 aliphatic carbocycles. The summed E-state index contributed by atoms with van der Waals surface area (Å²) in [4.78, 5) is 12.0. The number of Topliss-reactive ketones (excluding diaryl/α,β-unsaturated/α-hetero) is 1. The van der Waals surface area contributed by atoms with Crippen molar-refractivity contribution in [3.8, 4) is 0 Å². The van der Waals surface area contributed by atoms with Gasteiger partial charge < -0.3 is 4.74 Å². The first kappa shape index (κ1) is 12.7. The highest BCUT2D eigenvalue weighted by atomic mass is 79.9. The minimum atomic E-state index is -0.320. The van der Waals surface area contributed by atoms with E-state index in [1.54, 1.807) is 12.1 Å². The molecule has 2 nitrogen and oxygen atoms in total. The summed E-state index contributed by atoms with van der Waals surface area (Å²) in [5.41, 5.74) is 0.477. The third-order valence-electron chi connectivity index (χ3n) is 3.06. The monoisotopic (exact) mass is 300 g/mol. The van der Waals surface area contributed by atoms with Gasteiger partial charge in [0, 0.05) is 30.0 Å². The van der Waals surface area contributed by atoms with Gasteiger partial charge in [-0.05, 0) is 30.5 Å². The van der Waals surface area contributed by atoms with Crippen molar-refractivity contribution in [1.29, 1.82) is 0 Å². The van der Waals surface area contributed by atoms with Gasteiger partial charge in [-0.2, -0.15) is 0 Å². The van der Waals surface area contributed by atoms with Gasteiger partial charge in [-0.25, -0.2) is 4.39 Å². The zero-order chi connectivity index (χ0) is 12.3. The Balaban J connectivity index is 2.02. The van der Waals surface area contributed by atoms with E-state index in [0.29, 0.717) is 23.2 Å². The maximum Gasteiger partial charge on any atom is 0.140 e. The fourth-order valence-electron chi connectivity index (χ4n) is 2.02.